The monoisotopic (exact) mass is 312 g/mol. The average Bonchev–Trinajstić information content (AvgIpc) is 2.94. The number of hydrogen-bond acceptors (Lipinski definition) is 5. The Hall–Kier alpha value is -1.31. The van der Waals surface area contributed by atoms with E-state index in [9.17, 15) is 8.42 Å². The summed E-state index contributed by atoms with van der Waals surface area (Å²) in [5.74, 6) is 0.288. The summed E-state index contributed by atoms with van der Waals surface area (Å²) in [6, 6.07) is 4.58. The van der Waals surface area contributed by atoms with Crippen molar-refractivity contribution in [3.8, 4) is 5.75 Å². The van der Waals surface area contributed by atoms with E-state index in [4.69, 9.17) is 15.2 Å². The number of nitrogen functional groups attached to an aromatic ring is 1. The van der Waals surface area contributed by atoms with Crippen molar-refractivity contribution in [3.05, 3.63) is 18.2 Å². The second-order valence-corrected chi connectivity index (χ2v) is 7.29. The van der Waals surface area contributed by atoms with Crippen molar-refractivity contribution in [3.63, 3.8) is 0 Å². The predicted molar refractivity (Wildman–Crippen MR) is 78.7 cm³/mol. The molecule has 1 heterocycles. The van der Waals surface area contributed by atoms with Gasteiger partial charge >= 0.3 is 0 Å². The van der Waals surface area contributed by atoms with Gasteiger partial charge in [-0.15, -0.1) is 0 Å². The van der Waals surface area contributed by atoms with Crippen molar-refractivity contribution < 1.29 is 17.9 Å². The van der Waals surface area contributed by atoms with Gasteiger partial charge in [-0.25, -0.2) is 8.42 Å². The lowest BCUT2D eigenvalue weighted by Crippen LogP contribution is -2.51. The van der Waals surface area contributed by atoms with E-state index in [0.29, 0.717) is 18.8 Å². The molecule has 2 aliphatic rings. The number of benzene rings is 1. The quantitative estimate of drug-likeness (QED) is 0.849. The molecular formula is C14H20N2O4S. The molecule has 6 nitrogen and oxygen atoms in total. The molecule has 1 saturated carbocycles. The average molecular weight is 312 g/mol. The molecule has 2 fully saturated rings. The standard InChI is InChI=1S/C14H20N2O4S/c1-19-13-9-10(15)5-6-14(13)21(17,18)16-7-8-20-12-4-2-3-11(12)16/h5-6,9,11-12H,2-4,7-8,15H2,1H3. The maximum absolute atomic E-state index is 13.0. The molecule has 2 atom stereocenters. The molecule has 1 aromatic carbocycles. The van der Waals surface area contributed by atoms with Gasteiger partial charge in [0.05, 0.1) is 25.9 Å². The van der Waals surface area contributed by atoms with Gasteiger partial charge < -0.3 is 15.2 Å². The van der Waals surface area contributed by atoms with Gasteiger partial charge in [0, 0.05) is 18.3 Å². The molecule has 116 valence electrons. The van der Waals surface area contributed by atoms with E-state index < -0.39 is 10.0 Å². The van der Waals surface area contributed by atoms with Crippen LogP contribution >= 0.6 is 0 Å². The highest BCUT2D eigenvalue weighted by Gasteiger charge is 2.43. The molecule has 0 bridgehead atoms. The van der Waals surface area contributed by atoms with Crippen LogP contribution in [0.15, 0.2) is 23.1 Å². The number of fused-ring (bicyclic) bond motifs is 1. The Morgan fingerprint density at radius 3 is 2.95 bits per heavy atom. The summed E-state index contributed by atoms with van der Waals surface area (Å²) in [5, 5.41) is 0. The fraction of sp³-hybridized carbons (Fsp3) is 0.571. The van der Waals surface area contributed by atoms with Crippen LogP contribution in [0.5, 0.6) is 5.75 Å². The Morgan fingerprint density at radius 2 is 2.19 bits per heavy atom. The van der Waals surface area contributed by atoms with E-state index >= 15 is 0 Å². The van der Waals surface area contributed by atoms with E-state index in [1.807, 2.05) is 0 Å². The Labute approximate surface area is 124 Å². The first kappa shape index (κ1) is 14.6. The molecule has 0 aromatic heterocycles. The third-order valence-electron chi connectivity index (χ3n) is 4.21. The van der Waals surface area contributed by atoms with Gasteiger partial charge in [0.1, 0.15) is 10.6 Å². The number of nitrogens with zero attached hydrogens (tertiary/aromatic N) is 1. The second kappa shape index (κ2) is 5.47. The minimum absolute atomic E-state index is 0.0216. The molecule has 21 heavy (non-hydrogen) atoms. The third kappa shape index (κ3) is 2.49. The maximum Gasteiger partial charge on any atom is 0.247 e. The zero-order chi connectivity index (χ0) is 15.0. The maximum atomic E-state index is 13.0. The minimum Gasteiger partial charge on any atom is -0.495 e. The number of hydrogen-bond donors (Lipinski definition) is 1. The first-order valence-corrected chi connectivity index (χ1v) is 8.55. The molecule has 1 aliphatic heterocycles. The molecule has 0 amide bonds. The predicted octanol–water partition coefficient (Wildman–Crippen LogP) is 1.22. The minimum atomic E-state index is -3.60. The first-order valence-electron chi connectivity index (χ1n) is 7.11. The van der Waals surface area contributed by atoms with Crippen molar-refractivity contribution in [2.75, 3.05) is 26.0 Å². The van der Waals surface area contributed by atoms with Gasteiger partial charge in [0.25, 0.3) is 0 Å². The zero-order valence-electron chi connectivity index (χ0n) is 12.0. The summed E-state index contributed by atoms with van der Waals surface area (Å²) in [6.45, 7) is 0.828. The van der Waals surface area contributed by atoms with Crippen LogP contribution in [0.1, 0.15) is 19.3 Å². The van der Waals surface area contributed by atoms with Crippen LogP contribution in [-0.2, 0) is 14.8 Å². The van der Waals surface area contributed by atoms with Crippen molar-refractivity contribution in [2.24, 2.45) is 0 Å². The second-order valence-electron chi connectivity index (χ2n) is 5.43. The summed E-state index contributed by atoms with van der Waals surface area (Å²) in [4.78, 5) is 0.173. The fourth-order valence-electron chi connectivity index (χ4n) is 3.21. The molecule has 2 unspecified atom stereocenters. The zero-order valence-corrected chi connectivity index (χ0v) is 12.8. The Bertz CT molecular complexity index is 632. The van der Waals surface area contributed by atoms with Crippen LogP contribution in [0.4, 0.5) is 5.69 Å². The molecule has 0 spiro atoms. The van der Waals surface area contributed by atoms with E-state index in [-0.39, 0.29) is 22.8 Å². The van der Waals surface area contributed by atoms with E-state index in [1.165, 1.54) is 13.2 Å². The SMILES string of the molecule is COc1cc(N)ccc1S(=O)(=O)N1CCOC2CCCC21. The summed E-state index contributed by atoms with van der Waals surface area (Å²) >= 11 is 0. The van der Waals surface area contributed by atoms with Gasteiger partial charge in [-0.1, -0.05) is 0 Å². The highest BCUT2D eigenvalue weighted by molar-refractivity contribution is 7.89. The highest BCUT2D eigenvalue weighted by Crippen LogP contribution is 2.36. The first-order chi connectivity index (χ1) is 10.0. The topological polar surface area (TPSA) is 81.9 Å². The third-order valence-corrected chi connectivity index (χ3v) is 6.17. The van der Waals surface area contributed by atoms with Crippen LogP contribution in [0, 0.1) is 0 Å². The largest absolute Gasteiger partial charge is 0.495 e. The lowest BCUT2D eigenvalue weighted by atomic mass is 10.2. The summed E-state index contributed by atoms with van der Waals surface area (Å²) < 4.78 is 38.4. The van der Waals surface area contributed by atoms with Crippen molar-refractivity contribution in [1.29, 1.82) is 0 Å². The van der Waals surface area contributed by atoms with E-state index in [0.717, 1.165) is 19.3 Å². The number of rotatable bonds is 3. The van der Waals surface area contributed by atoms with Crippen LogP contribution in [-0.4, -0.2) is 45.1 Å². The Balaban J connectivity index is 2.00. The normalized spacial score (nSPS) is 26.5. The fourth-order valence-corrected chi connectivity index (χ4v) is 5.01. The van der Waals surface area contributed by atoms with Gasteiger partial charge in [-0.3, -0.25) is 0 Å². The summed E-state index contributed by atoms with van der Waals surface area (Å²) in [6.07, 6.45) is 2.80. The summed E-state index contributed by atoms with van der Waals surface area (Å²) in [7, 11) is -2.15. The number of sulfonamides is 1. The summed E-state index contributed by atoms with van der Waals surface area (Å²) in [5.41, 5.74) is 6.18. The van der Waals surface area contributed by atoms with Crippen molar-refractivity contribution >= 4 is 15.7 Å². The lowest BCUT2D eigenvalue weighted by Gasteiger charge is -2.36. The van der Waals surface area contributed by atoms with Crippen molar-refractivity contribution in [2.45, 2.75) is 36.3 Å². The van der Waals surface area contributed by atoms with Crippen molar-refractivity contribution in [1.82, 2.24) is 4.31 Å². The van der Waals surface area contributed by atoms with E-state index in [2.05, 4.69) is 0 Å². The van der Waals surface area contributed by atoms with Crippen LogP contribution < -0.4 is 10.5 Å². The molecule has 1 aromatic rings. The molecule has 1 saturated heterocycles. The molecule has 1 aliphatic carbocycles. The highest BCUT2D eigenvalue weighted by atomic mass is 32.2. The Kier molecular flexibility index (Phi) is 3.81. The van der Waals surface area contributed by atoms with Gasteiger partial charge in [0.15, 0.2) is 0 Å². The number of morpholine rings is 1. The van der Waals surface area contributed by atoms with Crippen LogP contribution in [0.2, 0.25) is 0 Å². The number of nitrogens with two attached hydrogens (primary N) is 1. The Morgan fingerprint density at radius 1 is 1.38 bits per heavy atom. The smallest absolute Gasteiger partial charge is 0.247 e. The number of ether oxygens (including phenoxy) is 2. The van der Waals surface area contributed by atoms with Gasteiger partial charge in [-0.05, 0) is 31.4 Å². The lowest BCUT2D eigenvalue weighted by molar-refractivity contribution is -0.0242. The molecule has 2 N–H and O–H groups in total. The van der Waals surface area contributed by atoms with Crippen LogP contribution in [0.3, 0.4) is 0 Å². The van der Waals surface area contributed by atoms with Gasteiger partial charge in [-0.2, -0.15) is 4.31 Å². The molecule has 0 radical (unpaired) electrons. The van der Waals surface area contributed by atoms with Gasteiger partial charge in [0.2, 0.25) is 10.0 Å². The number of methoxy groups -OCH3 is 1. The number of anilines is 1. The van der Waals surface area contributed by atoms with Crippen LogP contribution in [0.25, 0.3) is 0 Å². The molecular weight excluding hydrogens is 292 g/mol. The molecule has 3 rings (SSSR count). The van der Waals surface area contributed by atoms with E-state index in [1.54, 1.807) is 16.4 Å². The molecule has 7 heteroatoms.